The molecule has 0 spiro atoms. The Morgan fingerprint density at radius 1 is 1.06 bits per heavy atom. The molecule has 1 saturated heterocycles. The van der Waals surface area contributed by atoms with Gasteiger partial charge >= 0.3 is 12.1 Å². The van der Waals surface area contributed by atoms with Crippen molar-refractivity contribution in [1.29, 1.82) is 5.26 Å². The number of rotatable bonds is 3. The van der Waals surface area contributed by atoms with Gasteiger partial charge in [0, 0.05) is 26.2 Å². The summed E-state index contributed by atoms with van der Waals surface area (Å²) in [5, 5.41) is 35.9. The Morgan fingerprint density at radius 3 is 2.30 bits per heavy atom. The highest BCUT2D eigenvalue weighted by Gasteiger charge is 2.24. The van der Waals surface area contributed by atoms with E-state index in [4.69, 9.17) is 10.4 Å². The van der Waals surface area contributed by atoms with Crippen LogP contribution in [0.1, 0.15) is 11.3 Å². The average molecular weight is 447 g/mol. The number of aryl methyl sites for hydroxylation is 1. The van der Waals surface area contributed by atoms with Crippen LogP contribution < -0.4 is 5.32 Å². The summed E-state index contributed by atoms with van der Waals surface area (Å²) in [6.07, 6.45) is 0.466. The van der Waals surface area contributed by atoms with Crippen molar-refractivity contribution in [1.82, 2.24) is 24.6 Å². The zero-order valence-corrected chi connectivity index (χ0v) is 17.8. The van der Waals surface area contributed by atoms with E-state index in [0.717, 1.165) is 5.56 Å². The van der Waals surface area contributed by atoms with Gasteiger partial charge in [-0.2, -0.15) is 15.0 Å². The molecule has 1 fully saturated rings. The molecule has 0 atom stereocenters. The van der Waals surface area contributed by atoms with E-state index in [-0.39, 0.29) is 25.0 Å². The van der Waals surface area contributed by atoms with Crippen LogP contribution in [0.4, 0.5) is 15.3 Å². The highest BCUT2D eigenvalue weighted by Crippen LogP contribution is 2.34. The molecule has 2 aromatic heterocycles. The van der Waals surface area contributed by atoms with E-state index in [1.807, 2.05) is 0 Å². The van der Waals surface area contributed by atoms with E-state index in [2.05, 4.69) is 21.5 Å². The molecule has 1 aliphatic heterocycles. The SMILES string of the molecule is Cc1nn(-c2ccc(NC(=O)N3CCN(C(=O)O)CC3)cn2)c(O)c1-c1ccc(C#N)cc1. The second-order valence-corrected chi connectivity index (χ2v) is 7.48. The van der Waals surface area contributed by atoms with Crippen molar-refractivity contribution in [2.75, 3.05) is 31.5 Å². The van der Waals surface area contributed by atoms with Gasteiger partial charge in [-0.1, -0.05) is 12.1 Å². The standard InChI is InChI=1S/C22H21N7O4/c1-14-19(16-4-2-15(12-23)3-5-16)20(30)29(26-14)18-7-6-17(13-24-18)25-21(31)27-8-10-28(11-9-27)22(32)33/h2-7,13,30H,8-11H2,1H3,(H,25,31)(H,32,33). The maximum atomic E-state index is 12.4. The highest BCUT2D eigenvalue weighted by molar-refractivity contribution is 5.89. The third kappa shape index (κ3) is 4.40. The molecule has 4 rings (SSSR count). The minimum Gasteiger partial charge on any atom is -0.493 e. The molecule has 33 heavy (non-hydrogen) atoms. The lowest BCUT2D eigenvalue weighted by Gasteiger charge is -2.33. The van der Waals surface area contributed by atoms with Gasteiger partial charge in [0.1, 0.15) is 0 Å². The van der Waals surface area contributed by atoms with Gasteiger partial charge in [0.2, 0.25) is 5.88 Å². The Kier molecular flexibility index (Phi) is 5.82. The number of piperazine rings is 1. The zero-order valence-electron chi connectivity index (χ0n) is 17.8. The Labute approximate surface area is 189 Å². The largest absolute Gasteiger partial charge is 0.493 e. The summed E-state index contributed by atoms with van der Waals surface area (Å²) in [5.74, 6) is 0.279. The number of hydrogen-bond acceptors (Lipinski definition) is 6. The smallest absolute Gasteiger partial charge is 0.407 e. The third-order valence-corrected chi connectivity index (χ3v) is 5.39. The molecule has 1 aromatic carbocycles. The number of anilines is 1. The molecule has 0 unspecified atom stereocenters. The fourth-order valence-electron chi connectivity index (χ4n) is 3.61. The van der Waals surface area contributed by atoms with Gasteiger partial charge in [0.25, 0.3) is 0 Å². The number of urea groups is 1. The van der Waals surface area contributed by atoms with Crippen molar-refractivity contribution < 1.29 is 19.8 Å². The summed E-state index contributed by atoms with van der Waals surface area (Å²) in [6.45, 7) is 2.91. The van der Waals surface area contributed by atoms with Crippen LogP contribution in [0.3, 0.4) is 0 Å². The van der Waals surface area contributed by atoms with Gasteiger partial charge in [-0.05, 0) is 36.8 Å². The van der Waals surface area contributed by atoms with Crippen LogP contribution in [-0.4, -0.2) is 73.1 Å². The molecule has 3 aromatic rings. The molecule has 0 aliphatic carbocycles. The van der Waals surface area contributed by atoms with E-state index >= 15 is 0 Å². The summed E-state index contributed by atoms with van der Waals surface area (Å²) in [5.41, 5.74) is 2.84. The summed E-state index contributed by atoms with van der Waals surface area (Å²) in [4.78, 5) is 30.5. The minimum absolute atomic E-state index is 0.0854. The Bertz CT molecular complexity index is 1220. The fraction of sp³-hybridized carbons (Fsp3) is 0.227. The summed E-state index contributed by atoms with van der Waals surface area (Å²) in [6, 6.07) is 11.8. The van der Waals surface area contributed by atoms with Gasteiger partial charge in [-0.25, -0.2) is 14.6 Å². The number of nitrogens with zero attached hydrogens (tertiary/aromatic N) is 6. The van der Waals surface area contributed by atoms with Crippen LogP contribution in [-0.2, 0) is 0 Å². The lowest BCUT2D eigenvalue weighted by molar-refractivity contribution is 0.115. The average Bonchev–Trinajstić information content (AvgIpc) is 3.13. The number of nitrogens with one attached hydrogen (secondary N) is 1. The highest BCUT2D eigenvalue weighted by atomic mass is 16.4. The van der Waals surface area contributed by atoms with Gasteiger partial charge in [-0.15, -0.1) is 0 Å². The maximum absolute atomic E-state index is 12.4. The molecular weight excluding hydrogens is 426 g/mol. The number of aromatic hydroxyl groups is 1. The lowest BCUT2D eigenvalue weighted by Crippen LogP contribution is -2.51. The number of carboxylic acid groups (broad SMARTS) is 1. The summed E-state index contributed by atoms with van der Waals surface area (Å²) >= 11 is 0. The first-order valence-electron chi connectivity index (χ1n) is 10.2. The van der Waals surface area contributed by atoms with E-state index in [1.165, 1.54) is 15.8 Å². The van der Waals surface area contributed by atoms with Crippen molar-refractivity contribution in [2.24, 2.45) is 0 Å². The van der Waals surface area contributed by atoms with E-state index in [1.54, 1.807) is 48.2 Å². The number of amides is 3. The van der Waals surface area contributed by atoms with Gasteiger partial charge in [0.05, 0.1) is 34.8 Å². The van der Waals surface area contributed by atoms with Crippen LogP contribution in [0.5, 0.6) is 5.88 Å². The molecule has 11 nitrogen and oxygen atoms in total. The Morgan fingerprint density at radius 2 is 1.73 bits per heavy atom. The van der Waals surface area contributed by atoms with Crippen LogP contribution in [0, 0.1) is 18.3 Å². The molecule has 0 saturated carbocycles. The van der Waals surface area contributed by atoms with Crippen LogP contribution in [0.2, 0.25) is 0 Å². The first-order valence-corrected chi connectivity index (χ1v) is 10.2. The van der Waals surface area contributed by atoms with E-state index < -0.39 is 6.09 Å². The molecule has 0 bridgehead atoms. The molecule has 1 aliphatic rings. The van der Waals surface area contributed by atoms with Crippen molar-refractivity contribution in [2.45, 2.75) is 6.92 Å². The third-order valence-electron chi connectivity index (χ3n) is 5.39. The van der Waals surface area contributed by atoms with Crippen molar-refractivity contribution >= 4 is 17.8 Å². The Balaban J connectivity index is 1.47. The number of hydrogen-bond donors (Lipinski definition) is 3. The lowest BCUT2D eigenvalue weighted by atomic mass is 10.0. The molecular formula is C22H21N7O4. The predicted molar refractivity (Wildman–Crippen MR) is 118 cm³/mol. The monoisotopic (exact) mass is 447 g/mol. The zero-order chi connectivity index (χ0) is 23.5. The number of aromatic nitrogens is 3. The number of carbonyl (C=O) groups excluding carboxylic acids is 1. The molecule has 3 heterocycles. The number of carbonyl (C=O) groups is 2. The quantitative estimate of drug-likeness (QED) is 0.559. The first-order chi connectivity index (χ1) is 15.9. The van der Waals surface area contributed by atoms with Crippen molar-refractivity contribution in [3.63, 3.8) is 0 Å². The number of nitriles is 1. The van der Waals surface area contributed by atoms with Crippen LogP contribution in [0.15, 0.2) is 42.6 Å². The van der Waals surface area contributed by atoms with Crippen molar-refractivity contribution in [3.8, 4) is 28.9 Å². The molecule has 11 heteroatoms. The fourth-order valence-corrected chi connectivity index (χ4v) is 3.61. The molecule has 0 radical (unpaired) electrons. The van der Waals surface area contributed by atoms with Crippen LogP contribution in [0.25, 0.3) is 16.9 Å². The number of pyridine rings is 1. The molecule has 3 N–H and O–H groups in total. The van der Waals surface area contributed by atoms with Gasteiger partial charge < -0.3 is 25.3 Å². The number of benzene rings is 1. The second kappa shape index (κ2) is 8.88. The summed E-state index contributed by atoms with van der Waals surface area (Å²) < 4.78 is 1.31. The normalized spacial score (nSPS) is 13.5. The first kappa shape index (κ1) is 21.6. The second-order valence-electron chi connectivity index (χ2n) is 7.48. The van der Waals surface area contributed by atoms with E-state index in [0.29, 0.717) is 41.4 Å². The molecule has 168 valence electrons. The van der Waals surface area contributed by atoms with Gasteiger partial charge in [0.15, 0.2) is 5.82 Å². The Hall–Kier alpha value is -4.59. The summed E-state index contributed by atoms with van der Waals surface area (Å²) in [7, 11) is 0. The maximum Gasteiger partial charge on any atom is 0.407 e. The van der Waals surface area contributed by atoms with E-state index in [9.17, 15) is 14.7 Å². The molecule has 3 amide bonds. The van der Waals surface area contributed by atoms with Crippen molar-refractivity contribution in [3.05, 3.63) is 53.9 Å². The van der Waals surface area contributed by atoms with Gasteiger partial charge in [-0.3, -0.25) is 0 Å². The predicted octanol–water partition coefficient (Wildman–Crippen LogP) is 2.65. The minimum atomic E-state index is -0.991. The van der Waals surface area contributed by atoms with Crippen LogP contribution >= 0.6 is 0 Å². The topological polar surface area (TPSA) is 148 Å².